The average Bonchev–Trinajstić information content (AvgIpc) is 2.58. The summed E-state index contributed by atoms with van der Waals surface area (Å²) in [5.41, 5.74) is 0.984. The second-order valence-corrected chi connectivity index (χ2v) is 4.91. The summed E-state index contributed by atoms with van der Waals surface area (Å²) < 4.78 is 18.7. The van der Waals surface area contributed by atoms with Gasteiger partial charge in [0.15, 0.2) is 0 Å². The highest BCUT2D eigenvalue weighted by Crippen LogP contribution is 2.17. The summed E-state index contributed by atoms with van der Waals surface area (Å²) in [4.78, 5) is 11.8. The Balaban J connectivity index is 1.82. The molecule has 3 N–H and O–H groups in total. The Morgan fingerprint density at radius 2 is 1.87 bits per heavy atom. The van der Waals surface area contributed by atoms with E-state index in [4.69, 9.17) is 4.74 Å². The van der Waals surface area contributed by atoms with Crippen LogP contribution in [0.25, 0.3) is 0 Å². The lowest BCUT2D eigenvalue weighted by Crippen LogP contribution is -2.37. The van der Waals surface area contributed by atoms with Gasteiger partial charge in [-0.15, -0.1) is 0 Å². The van der Waals surface area contributed by atoms with Gasteiger partial charge in [-0.2, -0.15) is 0 Å². The number of nitrogens with one attached hydrogen (secondary N) is 2. The van der Waals surface area contributed by atoms with Gasteiger partial charge in [-0.25, -0.2) is 9.18 Å². The zero-order chi connectivity index (χ0) is 16.7. The Morgan fingerprint density at radius 3 is 2.61 bits per heavy atom. The molecule has 0 fully saturated rings. The lowest BCUT2D eigenvalue weighted by atomic mass is 10.1. The van der Waals surface area contributed by atoms with Crippen LogP contribution in [-0.2, 0) is 6.54 Å². The Morgan fingerprint density at radius 1 is 1.17 bits per heavy atom. The van der Waals surface area contributed by atoms with Crippen LogP contribution in [-0.4, -0.2) is 24.8 Å². The molecular formula is C17H19FN2O3. The standard InChI is InChI=1S/C17H19FN2O3/c1-23-16-9-5-2-6-12(16)10-19-17(22)20-11-15(21)13-7-3-4-8-14(13)18/h2-9,15,21H,10-11H2,1H3,(H2,19,20,22). The van der Waals surface area contributed by atoms with E-state index in [-0.39, 0.29) is 18.7 Å². The van der Waals surface area contributed by atoms with Crippen LogP contribution in [0.4, 0.5) is 9.18 Å². The molecule has 0 saturated carbocycles. The fraction of sp³-hybridized carbons (Fsp3) is 0.235. The molecule has 0 aliphatic carbocycles. The minimum atomic E-state index is -1.10. The van der Waals surface area contributed by atoms with Crippen LogP contribution in [0.15, 0.2) is 48.5 Å². The maximum absolute atomic E-state index is 13.5. The van der Waals surface area contributed by atoms with Gasteiger partial charge in [0.1, 0.15) is 11.6 Å². The van der Waals surface area contributed by atoms with Crippen LogP contribution < -0.4 is 15.4 Å². The number of carbonyl (C=O) groups is 1. The SMILES string of the molecule is COc1ccccc1CNC(=O)NCC(O)c1ccccc1F. The van der Waals surface area contributed by atoms with Crippen LogP contribution in [0.3, 0.4) is 0 Å². The largest absolute Gasteiger partial charge is 0.496 e. The molecule has 1 atom stereocenters. The van der Waals surface area contributed by atoms with Crippen LogP contribution in [0.2, 0.25) is 0 Å². The summed E-state index contributed by atoms with van der Waals surface area (Å²) in [6, 6.07) is 12.8. The van der Waals surface area contributed by atoms with Crippen molar-refractivity contribution in [3.63, 3.8) is 0 Å². The molecule has 0 heterocycles. The number of hydrogen-bond acceptors (Lipinski definition) is 3. The van der Waals surface area contributed by atoms with Crippen molar-refractivity contribution in [1.82, 2.24) is 10.6 Å². The van der Waals surface area contributed by atoms with E-state index in [1.54, 1.807) is 25.3 Å². The molecule has 2 aromatic rings. The van der Waals surface area contributed by atoms with Gasteiger partial charge in [-0.3, -0.25) is 0 Å². The van der Waals surface area contributed by atoms with Gasteiger partial charge in [-0.1, -0.05) is 36.4 Å². The molecule has 122 valence electrons. The first-order chi connectivity index (χ1) is 11.1. The minimum absolute atomic E-state index is 0.0846. The molecule has 0 saturated heterocycles. The number of ether oxygens (including phenoxy) is 1. The summed E-state index contributed by atoms with van der Waals surface area (Å²) >= 11 is 0. The second kappa shape index (κ2) is 8.14. The lowest BCUT2D eigenvalue weighted by molar-refractivity contribution is 0.169. The molecule has 2 rings (SSSR count). The van der Waals surface area contributed by atoms with Gasteiger partial charge in [0.05, 0.1) is 13.2 Å². The number of para-hydroxylation sites is 1. The van der Waals surface area contributed by atoms with Gasteiger partial charge in [0.2, 0.25) is 0 Å². The summed E-state index contributed by atoms with van der Waals surface area (Å²) in [7, 11) is 1.56. The molecule has 0 aromatic heterocycles. The third kappa shape index (κ3) is 4.69. The number of halogens is 1. The monoisotopic (exact) mass is 318 g/mol. The van der Waals surface area contributed by atoms with Gasteiger partial charge in [0, 0.05) is 24.2 Å². The molecule has 2 amide bonds. The number of urea groups is 1. The summed E-state index contributed by atoms with van der Waals surface area (Å²) in [6.07, 6.45) is -1.10. The van der Waals surface area contributed by atoms with E-state index in [0.717, 1.165) is 5.56 Å². The molecular weight excluding hydrogens is 299 g/mol. The number of carbonyl (C=O) groups excluding carboxylic acids is 1. The van der Waals surface area contributed by atoms with Crippen molar-refractivity contribution in [2.75, 3.05) is 13.7 Å². The van der Waals surface area contributed by atoms with Crippen molar-refractivity contribution in [1.29, 1.82) is 0 Å². The number of aliphatic hydroxyl groups is 1. The zero-order valence-electron chi connectivity index (χ0n) is 12.8. The first-order valence-corrected chi connectivity index (χ1v) is 7.18. The van der Waals surface area contributed by atoms with Crippen molar-refractivity contribution in [3.8, 4) is 5.75 Å². The highest BCUT2D eigenvalue weighted by Gasteiger charge is 2.13. The van der Waals surface area contributed by atoms with E-state index in [9.17, 15) is 14.3 Å². The molecule has 2 aromatic carbocycles. The maximum Gasteiger partial charge on any atom is 0.315 e. The summed E-state index contributed by atoms with van der Waals surface area (Å²) in [5, 5.41) is 15.1. The van der Waals surface area contributed by atoms with Crippen LogP contribution >= 0.6 is 0 Å². The number of rotatable bonds is 6. The Bertz CT molecular complexity index is 664. The van der Waals surface area contributed by atoms with Gasteiger partial charge < -0.3 is 20.5 Å². The third-order valence-electron chi connectivity index (χ3n) is 3.35. The molecule has 0 spiro atoms. The van der Waals surface area contributed by atoms with Gasteiger partial charge in [0.25, 0.3) is 0 Å². The van der Waals surface area contributed by atoms with E-state index >= 15 is 0 Å². The fourth-order valence-electron chi connectivity index (χ4n) is 2.13. The van der Waals surface area contributed by atoms with Crippen LogP contribution in [0.1, 0.15) is 17.2 Å². The Kier molecular flexibility index (Phi) is 5.94. The van der Waals surface area contributed by atoms with Crippen molar-refractivity contribution in [2.24, 2.45) is 0 Å². The number of hydrogen-bond donors (Lipinski definition) is 3. The van der Waals surface area contributed by atoms with Crippen LogP contribution in [0, 0.1) is 5.82 Å². The predicted molar refractivity (Wildman–Crippen MR) is 84.6 cm³/mol. The van der Waals surface area contributed by atoms with Crippen molar-refractivity contribution < 1.29 is 19.0 Å². The molecule has 0 aliphatic rings. The first-order valence-electron chi connectivity index (χ1n) is 7.18. The van der Waals surface area contributed by atoms with E-state index in [1.807, 2.05) is 18.2 Å². The molecule has 1 unspecified atom stereocenters. The summed E-state index contributed by atoms with van der Waals surface area (Å²) in [5.74, 6) is 0.176. The number of methoxy groups -OCH3 is 1. The number of benzene rings is 2. The summed E-state index contributed by atoms with van der Waals surface area (Å²) in [6.45, 7) is 0.199. The Labute approximate surface area is 134 Å². The highest BCUT2D eigenvalue weighted by atomic mass is 19.1. The van der Waals surface area contributed by atoms with Crippen molar-refractivity contribution >= 4 is 6.03 Å². The predicted octanol–water partition coefficient (Wildman–Crippen LogP) is 2.37. The molecule has 23 heavy (non-hydrogen) atoms. The topological polar surface area (TPSA) is 70.6 Å². The second-order valence-electron chi connectivity index (χ2n) is 4.91. The van der Waals surface area contributed by atoms with Crippen molar-refractivity contribution in [3.05, 3.63) is 65.5 Å². The number of aliphatic hydroxyl groups excluding tert-OH is 1. The average molecular weight is 318 g/mol. The molecule has 5 nitrogen and oxygen atoms in total. The van der Waals surface area contributed by atoms with Gasteiger partial charge >= 0.3 is 6.03 Å². The maximum atomic E-state index is 13.5. The smallest absolute Gasteiger partial charge is 0.315 e. The van der Waals surface area contributed by atoms with E-state index in [1.165, 1.54) is 12.1 Å². The van der Waals surface area contributed by atoms with E-state index < -0.39 is 18.0 Å². The van der Waals surface area contributed by atoms with E-state index in [2.05, 4.69) is 10.6 Å². The lowest BCUT2D eigenvalue weighted by Gasteiger charge is -2.14. The Hall–Kier alpha value is -2.60. The zero-order valence-corrected chi connectivity index (χ0v) is 12.8. The van der Waals surface area contributed by atoms with Crippen molar-refractivity contribution in [2.45, 2.75) is 12.6 Å². The molecule has 6 heteroatoms. The molecule has 0 aliphatic heterocycles. The molecule has 0 bridgehead atoms. The van der Waals surface area contributed by atoms with Crippen LogP contribution in [0.5, 0.6) is 5.75 Å². The normalized spacial score (nSPS) is 11.6. The quantitative estimate of drug-likeness (QED) is 0.766. The fourth-order valence-corrected chi connectivity index (χ4v) is 2.13. The minimum Gasteiger partial charge on any atom is -0.496 e. The third-order valence-corrected chi connectivity index (χ3v) is 3.35. The highest BCUT2D eigenvalue weighted by molar-refractivity contribution is 5.73. The number of amides is 2. The molecule has 0 radical (unpaired) electrons. The van der Waals surface area contributed by atoms with E-state index in [0.29, 0.717) is 5.75 Å². The van der Waals surface area contributed by atoms with Gasteiger partial charge in [-0.05, 0) is 12.1 Å². The first kappa shape index (κ1) is 16.8.